The van der Waals surface area contributed by atoms with Crippen LogP contribution in [0.5, 0.6) is 0 Å². The average molecular weight is 353 g/mol. The third-order valence-electron chi connectivity index (χ3n) is 4.09. The van der Waals surface area contributed by atoms with Gasteiger partial charge >= 0.3 is 0 Å². The van der Waals surface area contributed by atoms with E-state index < -0.39 is 0 Å². The van der Waals surface area contributed by atoms with Gasteiger partial charge in [-0.15, -0.1) is 0 Å². The van der Waals surface area contributed by atoms with Gasteiger partial charge in [-0.05, 0) is 37.1 Å². The summed E-state index contributed by atoms with van der Waals surface area (Å²) in [6.07, 6.45) is 4.56. The average Bonchev–Trinajstić information content (AvgIpc) is 2.66. The molecule has 0 aliphatic rings. The van der Waals surface area contributed by atoms with Crippen LogP contribution >= 0.6 is 0 Å². The van der Waals surface area contributed by atoms with Crippen molar-refractivity contribution in [1.82, 2.24) is 0 Å². The normalized spacial score (nSPS) is 10.2. The second kappa shape index (κ2) is 10.9. The highest BCUT2D eigenvalue weighted by Gasteiger charge is 2.06. The van der Waals surface area contributed by atoms with Crippen molar-refractivity contribution in [2.24, 2.45) is 0 Å². The van der Waals surface area contributed by atoms with Crippen LogP contribution in [0.25, 0.3) is 0 Å². The largest absolute Gasteiger partial charge is 0.386 e. The van der Waals surface area contributed by atoms with Crippen LogP contribution in [0.3, 0.4) is 0 Å². The number of carbonyl (C=O) groups excluding carboxylic acids is 2. The van der Waals surface area contributed by atoms with Crippen molar-refractivity contribution in [3.8, 4) is 0 Å². The molecule has 0 heterocycles. The summed E-state index contributed by atoms with van der Waals surface area (Å²) in [4.78, 5) is 23.9. The number of nitrogens with one attached hydrogen (secondary N) is 3. The van der Waals surface area contributed by atoms with Crippen LogP contribution in [0.15, 0.2) is 54.6 Å². The minimum atomic E-state index is 0.0227. The molecule has 0 bridgehead atoms. The van der Waals surface area contributed by atoms with Gasteiger partial charge in [-0.3, -0.25) is 9.59 Å². The molecule has 0 saturated carbocycles. The first-order valence-electron chi connectivity index (χ1n) is 9.10. The molecule has 0 aliphatic carbocycles. The minimum Gasteiger partial charge on any atom is -0.386 e. The number of carbonyl (C=O) groups is 2. The Morgan fingerprint density at radius 2 is 1.23 bits per heavy atom. The van der Waals surface area contributed by atoms with Gasteiger partial charge in [-0.2, -0.15) is 0 Å². The van der Waals surface area contributed by atoms with Gasteiger partial charge in [-0.25, -0.2) is 0 Å². The van der Waals surface area contributed by atoms with Crippen LogP contribution in [0.2, 0.25) is 0 Å². The van der Waals surface area contributed by atoms with E-state index >= 15 is 0 Å². The first-order valence-corrected chi connectivity index (χ1v) is 9.10. The van der Waals surface area contributed by atoms with Gasteiger partial charge in [0, 0.05) is 25.6 Å². The van der Waals surface area contributed by atoms with E-state index in [-0.39, 0.29) is 11.8 Å². The topological polar surface area (TPSA) is 70.2 Å². The predicted octanol–water partition coefficient (Wildman–Crippen LogP) is 4.65. The lowest BCUT2D eigenvalue weighted by Crippen LogP contribution is -2.12. The van der Waals surface area contributed by atoms with E-state index in [2.05, 4.69) is 16.0 Å². The molecular weight excluding hydrogens is 326 g/mol. The Balaban J connectivity index is 1.56. The quantitative estimate of drug-likeness (QED) is 0.545. The third kappa shape index (κ3) is 6.97. The lowest BCUT2D eigenvalue weighted by molar-refractivity contribution is -0.117. The molecule has 0 atom stereocenters. The Labute approximate surface area is 155 Å². The first-order chi connectivity index (χ1) is 12.7. The standard InChI is InChI=1S/C21H27N3O2/c1-22-18-13-9-10-14-19(18)24-21(26)16-8-3-2-7-15-20(25)23-17-11-5-4-6-12-17/h4-6,9-14,22H,2-3,7-8,15-16H2,1H3,(H,23,25)(H,24,26). The van der Waals surface area contributed by atoms with Crippen LogP contribution in [-0.4, -0.2) is 18.9 Å². The number of unbranched alkanes of at least 4 members (excludes halogenated alkanes) is 3. The van der Waals surface area contributed by atoms with Crippen molar-refractivity contribution in [1.29, 1.82) is 0 Å². The SMILES string of the molecule is CNc1ccccc1NC(=O)CCCCCCC(=O)Nc1ccccc1. The summed E-state index contributed by atoms with van der Waals surface area (Å²) >= 11 is 0. The fraction of sp³-hybridized carbons (Fsp3) is 0.333. The fourth-order valence-corrected chi connectivity index (χ4v) is 2.69. The Kier molecular flexibility index (Phi) is 8.19. The molecule has 2 rings (SSSR count). The number of anilines is 3. The Bertz CT molecular complexity index is 701. The van der Waals surface area contributed by atoms with Gasteiger partial charge in [0.15, 0.2) is 0 Å². The molecule has 0 saturated heterocycles. The summed E-state index contributed by atoms with van der Waals surface area (Å²) in [5.74, 6) is 0.0622. The number of para-hydroxylation sites is 3. The summed E-state index contributed by atoms with van der Waals surface area (Å²) < 4.78 is 0. The summed E-state index contributed by atoms with van der Waals surface area (Å²) in [7, 11) is 1.83. The van der Waals surface area contributed by atoms with E-state index in [1.54, 1.807) is 0 Å². The Morgan fingerprint density at radius 3 is 1.85 bits per heavy atom. The number of amides is 2. The van der Waals surface area contributed by atoms with Gasteiger partial charge in [0.2, 0.25) is 11.8 Å². The van der Waals surface area contributed by atoms with Crippen LogP contribution < -0.4 is 16.0 Å². The zero-order valence-electron chi connectivity index (χ0n) is 15.3. The molecule has 2 aromatic rings. The minimum absolute atomic E-state index is 0.0227. The smallest absolute Gasteiger partial charge is 0.224 e. The number of benzene rings is 2. The second-order valence-electron chi connectivity index (χ2n) is 6.17. The van der Waals surface area contributed by atoms with Gasteiger partial charge in [0.1, 0.15) is 0 Å². The van der Waals surface area contributed by atoms with Crippen molar-refractivity contribution in [3.63, 3.8) is 0 Å². The highest BCUT2D eigenvalue weighted by atomic mass is 16.2. The summed E-state index contributed by atoms with van der Waals surface area (Å²) in [6.45, 7) is 0. The van der Waals surface area contributed by atoms with Crippen molar-refractivity contribution in [3.05, 3.63) is 54.6 Å². The van der Waals surface area contributed by atoms with E-state index in [1.165, 1.54) is 0 Å². The van der Waals surface area contributed by atoms with E-state index in [9.17, 15) is 9.59 Å². The molecule has 5 heteroatoms. The fourth-order valence-electron chi connectivity index (χ4n) is 2.69. The maximum absolute atomic E-state index is 12.0. The maximum Gasteiger partial charge on any atom is 0.224 e. The van der Waals surface area contributed by atoms with E-state index in [1.807, 2.05) is 61.6 Å². The van der Waals surface area contributed by atoms with Crippen molar-refractivity contribution in [2.45, 2.75) is 38.5 Å². The van der Waals surface area contributed by atoms with Gasteiger partial charge in [0.25, 0.3) is 0 Å². The molecule has 0 spiro atoms. The van der Waals surface area contributed by atoms with Crippen molar-refractivity contribution >= 4 is 28.9 Å². The number of hydrogen-bond donors (Lipinski definition) is 3. The van der Waals surface area contributed by atoms with Gasteiger partial charge < -0.3 is 16.0 Å². The molecule has 0 aromatic heterocycles. The number of hydrogen-bond acceptors (Lipinski definition) is 3. The lowest BCUT2D eigenvalue weighted by Gasteiger charge is -2.10. The molecule has 0 radical (unpaired) electrons. The summed E-state index contributed by atoms with van der Waals surface area (Å²) in [5.41, 5.74) is 2.54. The van der Waals surface area contributed by atoms with Crippen LogP contribution in [0.4, 0.5) is 17.1 Å². The lowest BCUT2D eigenvalue weighted by atomic mass is 10.1. The Morgan fingerprint density at radius 1 is 0.692 bits per heavy atom. The molecule has 2 aromatic carbocycles. The monoisotopic (exact) mass is 353 g/mol. The van der Waals surface area contributed by atoms with Gasteiger partial charge in [0.05, 0.1) is 11.4 Å². The molecular formula is C21H27N3O2. The molecule has 5 nitrogen and oxygen atoms in total. The van der Waals surface area contributed by atoms with Crippen LogP contribution in [0, 0.1) is 0 Å². The van der Waals surface area contributed by atoms with E-state index in [0.29, 0.717) is 12.8 Å². The van der Waals surface area contributed by atoms with E-state index in [0.717, 1.165) is 42.7 Å². The highest BCUT2D eigenvalue weighted by molar-refractivity contribution is 5.94. The molecule has 26 heavy (non-hydrogen) atoms. The molecule has 2 amide bonds. The molecule has 0 aliphatic heterocycles. The molecule has 138 valence electrons. The van der Waals surface area contributed by atoms with E-state index in [4.69, 9.17) is 0 Å². The van der Waals surface area contributed by atoms with Crippen molar-refractivity contribution in [2.75, 3.05) is 23.0 Å². The Hall–Kier alpha value is -2.82. The van der Waals surface area contributed by atoms with Gasteiger partial charge in [-0.1, -0.05) is 43.2 Å². The van der Waals surface area contributed by atoms with Crippen LogP contribution in [-0.2, 0) is 9.59 Å². The summed E-state index contributed by atoms with van der Waals surface area (Å²) in [5, 5.41) is 8.87. The zero-order chi connectivity index (χ0) is 18.6. The zero-order valence-corrected chi connectivity index (χ0v) is 15.3. The molecule has 3 N–H and O–H groups in total. The summed E-state index contributed by atoms with van der Waals surface area (Å²) in [6, 6.07) is 17.1. The molecule has 0 unspecified atom stereocenters. The number of rotatable bonds is 10. The second-order valence-corrected chi connectivity index (χ2v) is 6.17. The van der Waals surface area contributed by atoms with Crippen LogP contribution in [0.1, 0.15) is 38.5 Å². The maximum atomic E-state index is 12.0. The first kappa shape index (κ1) is 19.5. The molecule has 0 fully saturated rings. The third-order valence-corrected chi connectivity index (χ3v) is 4.09. The highest BCUT2D eigenvalue weighted by Crippen LogP contribution is 2.20. The predicted molar refractivity (Wildman–Crippen MR) is 107 cm³/mol. The van der Waals surface area contributed by atoms with Crippen molar-refractivity contribution < 1.29 is 9.59 Å².